The normalized spacial score (nSPS) is 10.3. The van der Waals surface area contributed by atoms with Crippen LogP contribution < -0.4 is 10.6 Å². The first-order chi connectivity index (χ1) is 10.7. The lowest BCUT2D eigenvalue weighted by molar-refractivity contribution is 0.0948. The Morgan fingerprint density at radius 3 is 2.91 bits per heavy atom. The van der Waals surface area contributed by atoms with Crippen molar-refractivity contribution >= 4 is 28.9 Å². The molecular weight excluding hydrogens is 302 g/mol. The topological polar surface area (TPSA) is 63.2 Å². The fourth-order valence-corrected chi connectivity index (χ4v) is 2.08. The van der Waals surface area contributed by atoms with Gasteiger partial charge in [-0.15, -0.1) is 0 Å². The third kappa shape index (κ3) is 5.02. The number of hydrogen-bond acceptors (Lipinski definition) is 4. The Hall–Kier alpha value is -2.11. The lowest BCUT2D eigenvalue weighted by atomic mass is 10.2. The van der Waals surface area contributed by atoms with E-state index in [0.717, 1.165) is 17.8 Å². The summed E-state index contributed by atoms with van der Waals surface area (Å²) < 4.78 is 4.94. The van der Waals surface area contributed by atoms with Crippen LogP contribution in [0.15, 0.2) is 42.7 Å². The number of pyridine rings is 1. The highest BCUT2D eigenvalue weighted by Gasteiger charge is 2.06. The van der Waals surface area contributed by atoms with Gasteiger partial charge in [-0.1, -0.05) is 17.7 Å². The van der Waals surface area contributed by atoms with Crippen LogP contribution in [0, 0.1) is 0 Å². The highest BCUT2D eigenvalue weighted by atomic mass is 35.5. The van der Waals surface area contributed by atoms with Crippen LogP contribution in [0.2, 0.25) is 5.02 Å². The average Bonchev–Trinajstić information content (AvgIpc) is 2.52. The van der Waals surface area contributed by atoms with E-state index in [0.29, 0.717) is 23.7 Å². The highest BCUT2D eigenvalue weighted by molar-refractivity contribution is 6.30. The van der Waals surface area contributed by atoms with Gasteiger partial charge in [0.1, 0.15) is 0 Å². The van der Waals surface area contributed by atoms with E-state index in [4.69, 9.17) is 16.3 Å². The summed E-state index contributed by atoms with van der Waals surface area (Å²) in [4.78, 5) is 16.1. The number of ether oxygens (including phenoxy) is 1. The Kier molecular flexibility index (Phi) is 6.18. The summed E-state index contributed by atoms with van der Waals surface area (Å²) in [6.45, 7) is 1.19. The smallest absolute Gasteiger partial charge is 0.252 e. The maximum Gasteiger partial charge on any atom is 0.252 e. The van der Waals surface area contributed by atoms with Gasteiger partial charge in [0, 0.05) is 37.2 Å². The molecule has 1 amide bonds. The van der Waals surface area contributed by atoms with Crippen LogP contribution in [-0.2, 0) is 4.74 Å². The van der Waals surface area contributed by atoms with Crippen LogP contribution in [0.1, 0.15) is 16.8 Å². The van der Waals surface area contributed by atoms with Crippen molar-refractivity contribution in [3.8, 4) is 0 Å². The molecule has 2 N–H and O–H groups in total. The van der Waals surface area contributed by atoms with Crippen molar-refractivity contribution in [2.24, 2.45) is 0 Å². The molecule has 22 heavy (non-hydrogen) atoms. The molecule has 1 aromatic heterocycles. The number of halogens is 1. The fraction of sp³-hybridized carbons (Fsp3) is 0.250. The number of nitrogens with one attached hydrogen (secondary N) is 2. The summed E-state index contributed by atoms with van der Waals surface area (Å²) in [5.74, 6) is -0.154. The number of nitrogens with zero attached hydrogens (tertiary/aromatic N) is 1. The molecule has 6 heteroatoms. The molecule has 0 spiro atoms. The number of benzene rings is 1. The molecule has 116 valence electrons. The maximum atomic E-state index is 12.0. The van der Waals surface area contributed by atoms with E-state index < -0.39 is 0 Å². The second-order valence-electron chi connectivity index (χ2n) is 4.70. The minimum absolute atomic E-state index is 0.154. The molecule has 0 bridgehead atoms. The van der Waals surface area contributed by atoms with Crippen molar-refractivity contribution in [3.05, 3.63) is 53.3 Å². The molecule has 1 heterocycles. The monoisotopic (exact) mass is 319 g/mol. The van der Waals surface area contributed by atoms with Gasteiger partial charge in [-0.05, 0) is 30.7 Å². The predicted molar refractivity (Wildman–Crippen MR) is 87.8 cm³/mol. The molecule has 2 rings (SSSR count). The molecule has 0 atom stereocenters. The number of hydrogen-bond donors (Lipinski definition) is 2. The predicted octanol–water partition coefficient (Wildman–Crippen LogP) is 3.24. The number of rotatable bonds is 7. The van der Waals surface area contributed by atoms with Crippen LogP contribution in [0.5, 0.6) is 0 Å². The molecule has 0 unspecified atom stereocenters. The molecular formula is C16H18ClN3O2. The Morgan fingerprint density at radius 2 is 2.14 bits per heavy atom. The molecule has 0 aliphatic heterocycles. The van der Waals surface area contributed by atoms with Gasteiger partial charge in [0.15, 0.2) is 0 Å². The van der Waals surface area contributed by atoms with E-state index in [2.05, 4.69) is 15.6 Å². The minimum Gasteiger partial charge on any atom is -0.385 e. The summed E-state index contributed by atoms with van der Waals surface area (Å²) in [5, 5.41) is 6.64. The third-order valence-electron chi connectivity index (χ3n) is 2.92. The number of aromatic nitrogens is 1. The highest BCUT2D eigenvalue weighted by Crippen LogP contribution is 2.20. The molecule has 1 aromatic carbocycles. The Morgan fingerprint density at radius 1 is 1.27 bits per heavy atom. The molecule has 0 aliphatic rings. The van der Waals surface area contributed by atoms with Crippen LogP contribution in [0.3, 0.4) is 0 Å². The van der Waals surface area contributed by atoms with Crippen molar-refractivity contribution in [1.82, 2.24) is 10.3 Å². The lowest BCUT2D eigenvalue weighted by Gasteiger charge is -2.09. The summed E-state index contributed by atoms with van der Waals surface area (Å²) in [6.07, 6.45) is 3.97. The largest absolute Gasteiger partial charge is 0.385 e. The summed E-state index contributed by atoms with van der Waals surface area (Å²) in [7, 11) is 1.64. The van der Waals surface area contributed by atoms with E-state index in [-0.39, 0.29) is 5.91 Å². The van der Waals surface area contributed by atoms with Crippen molar-refractivity contribution < 1.29 is 9.53 Å². The van der Waals surface area contributed by atoms with Gasteiger partial charge in [0.2, 0.25) is 0 Å². The molecule has 0 saturated carbocycles. The SMILES string of the molecule is COCCCNC(=O)c1cncc(Nc2cccc(Cl)c2)c1. The zero-order valence-corrected chi connectivity index (χ0v) is 13.1. The summed E-state index contributed by atoms with van der Waals surface area (Å²) >= 11 is 5.95. The zero-order chi connectivity index (χ0) is 15.8. The fourth-order valence-electron chi connectivity index (χ4n) is 1.89. The quantitative estimate of drug-likeness (QED) is 0.769. The first-order valence-corrected chi connectivity index (χ1v) is 7.31. The number of carbonyl (C=O) groups is 1. The second kappa shape index (κ2) is 8.36. The van der Waals surface area contributed by atoms with E-state index in [1.165, 1.54) is 6.20 Å². The molecule has 0 radical (unpaired) electrons. The molecule has 0 saturated heterocycles. The van der Waals surface area contributed by atoms with Crippen LogP contribution in [0.25, 0.3) is 0 Å². The van der Waals surface area contributed by atoms with Gasteiger partial charge in [-0.3, -0.25) is 9.78 Å². The van der Waals surface area contributed by atoms with Crippen LogP contribution in [0.4, 0.5) is 11.4 Å². The van der Waals surface area contributed by atoms with Gasteiger partial charge in [-0.2, -0.15) is 0 Å². The van der Waals surface area contributed by atoms with Gasteiger partial charge in [0.05, 0.1) is 17.4 Å². The minimum atomic E-state index is -0.154. The lowest BCUT2D eigenvalue weighted by Crippen LogP contribution is -2.25. The average molecular weight is 320 g/mol. The first kappa shape index (κ1) is 16.3. The van der Waals surface area contributed by atoms with Gasteiger partial charge >= 0.3 is 0 Å². The van der Waals surface area contributed by atoms with Crippen molar-refractivity contribution in [3.63, 3.8) is 0 Å². The first-order valence-electron chi connectivity index (χ1n) is 6.94. The molecule has 5 nitrogen and oxygen atoms in total. The number of amides is 1. The zero-order valence-electron chi connectivity index (χ0n) is 12.3. The summed E-state index contributed by atoms with van der Waals surface area (Å²) in [6, 6.07) is 9.10. The van der Waals surface area contributed by atoms with E-state index in [9.17, 15) is 4.79 Å². The van der Waals surface area contributed by atoms with Gasteiger partial charge in [-0.25, -0.2) is 0 Å². The van der Waals surface area contributed by atoms with E-state index >= 15 is 0 Å². The van der Waals surface area contributed by atoms with Gasteiger partial charge < -0.3 is 15.4 Å². The van der Waals surface area contributed by atoms with Crippen molar-refractivity contribution in [2.45, 2.75) is 6.42 Å². The summed E-state index contributed by atoms with van der Waals surface area (Å²) in [5.41, 5.74) is 2.07. The maximum absolute atomic E-state index is 12.0. The van der Waals surface area contributed by atoms with E-state index in [1.54, 1.807) is 31.5 Å². The number of anilines is 2. The number of carbonyl (C=O) groups excluding carboxylic acids is 1. The van der Waals surface area contributed by atoms with Gasteiger partial charge in [0.25, 0.3) is 5.91 Å². The third-order valence-corrected chi connectivity index (χ3v) is 3.16. The van der Waals surface area contributed by atoms with Crippen molar-refractivity contribution in [2.75, 3.05) is 25.6 Å². The van der Waals surface area contributed by atoms with E-state index in [1.807, 2.05) is 12.1 Å². The second-order valence-corrected chi connectivity index (χ2v) is 5.14. The molecule has 0 fully saturated rings. The Bertz CT molecular complexity index is 634. The standard InChI is InChI=1S/C16H18ClN3O2/c1-22-7-3-6-19-16(21)12-8-15(11-18-10-12)20-14-5-2-4-13(17)9-14/h2,4-5,8-11,20H,3,6-7H2,1H3,(H,19,21). The van der Waals surface area contributed by atoms with Crippen LogP contribution in [-0.4, -0.2) is 31.2 Å². The molecule has 0 aliphatic carbocycles. The van der Waals surface area contributed by atoms with Crippen LogP contribution >= 0.6 is 11.6 Å². The Labute approximate surface area is 134 Å². The number of methoxy groups -OCH3 is 1. The van der Waals surface area contributed by atoms with Crippen molar-refractivity contribution in [1.29, 1.82) is 0 Å². The molecule has 2 aromatic rings. The Balaban J connectivity index is 1.98.